The lowest BCUT2D eigenvalue weighted by Gasteiger charge is -2.14. The van der Waals surface area contributed by atoms with Crippen LogP contribution in [0, 0.1) is 0 Å². The summed E-state index contributed by atoms with van der Waals surface area (Å²) in [6.45, 7) is 2.69. The van der Waals surface area contributed by atoms with Crippen LogP contribution in [0.1, 0.15) is 18.1 Å². The van der Waals surface area contributed by atoms with Crippen molar-refractivity contribution in [2.24, 2.45) is 0 Å². The van der Waals surface area contributed by atoms with Gasteiger partial charge in [0.15, 0.2) is 11.5 Å². The van der Waals surface area contributed by atoms with Crippen molar-refractivity contribution in [3.63, 3.8) is 0 Å². The molecule has 0 radical (unpaired) electrons. The molecule has 4 nitrogen and oxygen atoms in total. The van der Waals surface area contributed by atoms with E-state index >= 15 is 0 Å². The van der Waals surface area contributed by atoms with Crippen molar-refractivity contribution in [1.82, 2.24) is 4.90 Å². The van der Waals surface area contributed by atoms with E-state index < -0.39 is 0 Å². The second-order valence-electron chi connectivity index (χ2n) is 5.63. The number of benzene rings is 2. The molecule has 0 spiro atoms. The molecule has 3 rings (SSSR count). The van der Waals surface area contributed by atoms with Gasteiger partial charge in [-0.2, -0.15) is 0 Å². The minimum atomic E-state index is -0.136. The van der Waals surface area contributed by atoms with Gasteiger partial charge in [-0.25, -0.2) is 0 Å². The maximum atomic E-state index is 12.8. The Morgan fingerprint density at radius 3 is 2.63 bits per heavy atom. The number of amides is 1. The van der Waals surface area contributed by atoms with Crippen LogP contribution in [0.3, 0.4) is 0 Å². The second kappa shape index (κ2) is 8.77. The highest BCUT2D eigenvalue weighted by atomic mass is 79.9. The lowest BCUT2D eigenvalue weighted by molar-refractivity contribution is -0.122. The SMILES string of the molecule is CCOc1cc(/C=C2/SC(=S)N(Cc3ccccc3)C2=O)c(Br)c(Br)c1O. The maximum Gasteiger partial charge on any atom is 0.266 e. The molecule has 2 aromatic rings. The average Bonchev–Trinajstić information content (AvgIpc) is 2.92. The number of thioether (sulfide) groups is 1. The number of hydrogen-bond donors (Lipinski definition) is 1. The molecule has 1 aliphatic heterocycles. The predicted molar refractivity (Wildman–Crippen MR) is 120 cm³/mol. The van der Waals surface area contributed by atoms with Crippen LogP contribution in [-0.4, -0.2) is 26.8 Å². The number of carbonyl (C=O) groups excluding carboxylic acids is 1. The van der Waals surface area contributed by atoms with Crippen LogP contribution in [0.4, 0.5) is 0 Å². The minimum absolute atomic E-state index is 0.0116. The van der Waals surface area contributed by atoms with Gasteiger partial charge in [0.05, 0.1) is 22.5 Å². The van der Waals surface area contributed by atoms with Gasteiger partial charge in [0.2, 0.25) is 0 Å². The highest BCUT2D eigenvalue weighted by molar-refractivity contribution is 9.13. The van der Waals surface area contributed by atoms with Crippen LogP contribution in [0.5, 0.6) is 11.5 Å². The fourth-order valence-corrected chi connectivity index (χ4v) is 4.61. The van der Waals surface area contributed by atoms with Crippen LogP contribution in [0.25, 0.3) is 6.08 Å². The third-order valence-corrected chi connectivity index (χ3v) is 7.35. The fraction of sp³-hybridized carbons (Fsp3) is 0.158. The Kier molecular flexibility index (Phi) is 6.62. The Bertz CT molecular complexity index is 932. The number of nitrogens with zero attached hydrogens (tertiary/aromatic N) is 1. The third-order valence-electron chi connectivity index (χ3n) is 3.82. The number of hydrogen-bond acceptors (Lipinski definition) is 5. The van der Waals surface area contributed by atoms with Gasteiger partial charge in [0, 0.05) is 4.47 Å². The number of phenolic OH excluding ortho intramolecular Hbond substituents is 1. The van der Waals surface area contributed by atoms with E-state index in [2.05, 4.69) is 31.9 Å². The molecule has 0 bridgehead atoms. The Morgan fingerprint density at radius 1 is 1.26 bits per heavy atom. The topological polar surface area (TPSA) is 49.8 Å². The van der Waals surface area contributed by atoms with Crippen molar-refractivity contribution in [2.45, 2.75) is 13.5 Å². The zero-order valence-corrected chi connectivity index (χ0v) is 19.0. The Hall–Kier alpha value is -1.35. The molecule has 0 aromatic heterocycles. The number of phenols is 1. The van der Waals surface area contributed by atoms with Crippen LogP contribution in [-0.2, 0) is 11.3 Å². The van der Waals surface area contributed by atoms with Crippen molar-refractivity contribution in [3.8, 4) is 11.5 Å². The predicted octanol–water partition coefficient (Wildman–Crippen LogP) is 5.72. The molecule has 140 valence electrons. The standard InChI is InChI=1S/C19H15Br2NO3S2/c1-2-25-13-8-12(15(20)16(21)17(13)23)9-14-18(24)22(19(26)27-14)10-11-6-4-3-5-7-11/h3-9,23H,2,10H2,1H3/b14-9+. The normalized spacial score (nSPS) is 15.7. The largest absolute Gasteiger partial charge is 0.503 e. The summed E-state index contributed by atoms with van der Waals surface area (Å²) in [7, 11) is 0. The van der Waals surface area contributed by atoms with Gasteiger partial charge in [-0.1, -0.05) is 54.3 Å². The summed E-state index contributed by atoms with van der Waals surface area (Å²) in [5.41, 5.74) is 1.73. The molecule has 1 amide bonds. The molecule has 1 N–H and O–H groups in total. The lowest BCUT2D eigenvalue weighted by atomic mass is 10.1. The smallest absolute Gasteiger partial charge is 0.266 e. The molecule has 2 aromatic carbocycles. The molecule has 1 aliphatic rings. The molecular formula is C19H15Br2NO3S2. The zero-order chi connectivity index (χ0) is 19.6. The van der Waals surface area contributed by atoms with Gasteiger partial charge in [0.25, 0.3) is 5.91 Å². The monoisotopic (exact) mass is 527 g/mol. The molecule has 8 heteroatoms. The number of ether oxygens (including phenoxy) is 1. The maximum absolute atomic E-state index is 12.8. The van der Waals surface area contributed by atoms with Crippen molar-refractivity contribution in [1.29, 1.82) is 0 Å². The highest BCUT2D eigenvalue weighted by Crippen LogP contribution is 2.44. The number of thiocarbonyl (C=S) groups is 1. The van der Waals surface area contributed by atoms with Crippen LogP contribution in [0.15, 0.2) is 50.2 Å². The van der Waals surface area contributed by atoms with E-state index in [0.717, 1.165) is 5.56 Å². The number of carbonyl (C=O) groups is 1. The van der Waals surface area contributed by atoms with Gasteiger partial charge >= 0.3 is 0 Å². The summed E-state index contributed by atoms with van der Waals surface area (Å²) in [6.07, 6.45) is 1.75. The van der Waals surface area contributed by atoms with E-state index in [-0.39, 0.29) is 11.7 Å². The second-order valence-corrected chi connectivity index (χ2v) is 8.89. The summed E-state index contributed by atoms with van der Waals surface area (Å²) in [6, 6.07) is 11.4. The number of rotatable bonds is 5. The third kappa shape index (κ3) is 4.39. The first kappa shape index (κ1) is 20.4. The van der Waals surface area contributed by atoms with Crippen LogP contribution >= 0.6 is 55.8 Å². The Morgan fingerprint density at radius 2 is 1.96 bits per heavy atom. The van der Waals surface area contributed by atoms with Crippen LogP contribution in [0.2, 0.25) is 0 Å². The van der Waals surface area contributed by atoms with Gasteiger partial charge in [0.1, 0.15) is 4.32 Å². The molecule has 27 heavy (non-hydrogen) atoms. The first-order chi connectivity index (χ1) is 12.9. The summed E-state index contributed by atoms with van der Waals surface area (Å²) < 4.78 is 7.10. The minimum Gasteiger partial charge on any atom is -0.503 e. The van der Waals surface area contributed by atoms with E-state index in [9.17, 15) is 9.90 Å². The summed E-state index contributed by atoms with van der Waals surface area (Å²) in [4.78, 5) is 15.0. The summed E-state index contributed by atoms with van der Waals surface area (Å²) in [5, 5.41) is 10.2. The van der Waals surface area contributed by atoms with E-state index in [4.69, 9.17) is 17.0 Å². The van der Waals surface area contributed by atoms with Crippen molar-refractivity contribution in [3.05, 3.63) is 61.4 Å². The van der Waals surface area contributed by atoms with Gasteiger partial charge in [-0.3, -0.25) is 9.69 Å². The van der Waals surface area contributed by atoms with Crippen molar-refractivity contribution < 1.29 is 14.6 Å². The van der Waals surface area contributed by atoms with E-state index in [1.807, 2.05) is 37.3 Å². The lowest BCUT2D eigenvalue weighted by Crippen LogP contribution is -2.27. The van der Waals surface area contributed by atoms with Crippen LogP contribution < -0.4 is 4.74 Å². The van der Waals surface area contributed by atoms with Gasteiger partial charge in [-0.05, 0) is 62.1 Å². The zero-order valence-electron chi connectivity index (χ0n) is 14.2. The van der Waals surface area contributed by atoms with Gasteiger partial charge in [-0.15, -0.1) is 0 Å². The molecule has 0 saturated carbocycles. The quantitative estimate of drug-likeness (QED) is 0.397. The molecule has 0 aliphatic carbocycles. The fourth-order valence-electron chi connectivity index (χ4n) is 2.53. The molecule has 0 unspecified atom stereocenters. The molecule has 1 saturated heterocycles. The Balaban J connectivity index is 1.92. The first-order valence-corrected chi connectivity index (χ1v) is 10.9. The molecule has 0 atom stereocenters. The number of halogens is 2. The Labute approximate surface area is 183 Å². The van der Waals surface area contributed by atoms with Crippen molar-refractivity contribution >= 4 is 72.1 Å². The molecule has 1 heterocycles. The highest BCUT2D eigenvalue weighted by Gasteiger charge is 2.32. The van der Waals surface area contributed by atoms with E-state index in [0.29, 0.717) is 42.6 Å². The molecule has 1 fully saturated rings. The van der Waals surface area contributed by atoms with Gasteiger partial charge < -0.3 is 9.84 Å². The summed E-state index contributed by atoms with van der Waals surface area (Å²) >= 11 is 13.5. The number of aromatic hydroxyl groups is 1. The first-order valence-electron chi connectivity index (χ1n) is 8.05. The molecular weight excluding hydrogens is 514 g/mol. The van der Waals surface area contributed by atoms with E-state index in [1.54, 1.807) is 17.0 Å². The van der Waals surface area contributed by atoms with E-state index in [1.165, 1.54) is 11.8 Å². The summed E-state index contributed by atoms with van der Waals surface area (Å²) in [5.74, 6) is 0.221. The average molecular weight is 529 g/mol. The van der Waals surface area contributed by atoms with Crippen molar-refractivity contribution in [2.75, 3.05) is 6.61 Å².